The van der Waals surface area contributed by atoms with E-state index in [1.807, 2.05) is 0 Å². The quantitative estimate of drug-likeness (QED) is 0.505. The fourth-order valence-electron chi connectivity index (χ4n) is 0. The van der Waals surface area contributed by atoms with E-state index in [4.69, 9.17) is 0 Å². The van der Waals surface area contributed by atoms with Gasteiger partial charge in [-0.05, 0) is 0 Å². The minimum absolute atomic E-state index is 0. The van der Waals surface area contributed by atoms with Crippen LogP contribution in [-0.4, -0.2) is 0 Å². The first kappa shape index (κ1) is 108. The molecular formula is O3TiZn2+2. The van der Waals surface area contributed by atoms with Gasteiger partial charge in [0.2, 0.25) is 0 Å². The van der Waals surface area contributed by atoms with Crippen LogP contribution < -0.4 is 0 Å². The van der Waals surface area contributed by atoms with Crippen molar-refractivity contribution in [2.24, 2.45) is 0 Å². The van der Waals surface area contributed by atoms with Crippen molar-refractivity contribution in [1.29, 1.82) is 0 Å². The van der Waals surface area contributed by atoms with Crippen LogP contribution in [0.1, 0.15) is 0 Å². The van der Waals surface area contributed by atoms with Gasteiger partial charge in [0.05, 0.1) is 0 Å². The van der Waals surface area contributed by atoms with Gasteiger partial charge in [-0.2, -0.15) is 0 Å². The maximum Gasteiger partial charge on any atom is 4.00 e. The number of rotatable bonds is 0. The van der Waals surface area contributed by atoms with Crippen LogP contribution in [0.2, 0.25) is 0 Å². The second-order valence-electron chi connectivity index (χ2n) is 0. The molecular weight excluding hydrogens is 227 g/mol. The van der Waals surface area contributed by atoms with Crippen LogP contribution in [0.4, 0.5) is 0 Å². The molecule has 0 aliphatic carbocycles. The second-order valence-corrected chi connectivity index (χ2v) is 0. The molecule has 0 rings (SSSR count). The molecule has 6 heteroatoms. The van der Waals surface area contributed by atoms with E-state index in [-0.39, 0.29) is 77.1 Å². The van der Waals surface area contributed by atoms with E-state index in [9.17, 15) is 0 Å². The Morgan fingerprint density at radius 2 is 0.500 bits per heavy atom. The molecule has 0 bridgehead atoms. The summed E-state index contributed by atoms with van der Waals surface area (Å²) in [4.78, 5) is 0. The van der Waals surface area contributed by atoms with Gasteiger partial charge in [0.15, 0.2) is 0 Å². The molecule has 0 radical (unpaired) electrons. The zero-order chi connectivity index (χ0) is 0. The molecule has 3 nitrogen and oxygen atoms in total. The van der Waals surface area contributed by atoms with Gasteiger partial charge in [-0.15, -0.1) is 0 Å². The first-order valence-electron chi connectivity index (χ1n) is 0. The van der Waals surface area contributed by atoms with E-state index >= 15 is 0 Å². The predicted octanol–water partition coefficient (Wildman–Crippen LogP) is -0.364. The molecule has 0 aliphatic rings. The number of hydrogen-bond acceptors (Lipinski definition) is 0. The third kappa shape index (κ3) is 40.4. The Morgan fingerprint density at radius 3 is 0.500 bits per heavy atom. The van der Waals surface area contributed by atoms with Crippen molar-refractivity contribution in [3.63, 3.8) is 0 Å². The largest absolute Gasteiger partial charge is 4.00 e. The van der Waals surface area contributed by atoms with E-state index in [1.54, 1.807) is 0 Å². The Labute approximate surface area is 76.6 Å². The van der Waals surface area contributed by atoms with E-state index in [1.165, 1.54) is 0 Å². The summed E-state index contributed by atoms with van der Waals surface area (Å²) < 4.78 is 0. The standard InChI is InChI=1S/3O.Ti.2Zn/q3*-2;+4;2*+2. The Morgan fingerprint density at radius 1 is 0.500 bits per heavy atom. The summed E-state index contributed by atoms with van der Waals surface area (Å²) in [5, 5.41) is 0. The first-order chi connectivity index (χ1) is 0. The molecule has 0 aliphatic heterocycles. The predicted molar refractivity (Wildman–Crippen MR) is 2.06 cm³/mol. The van der Waals surface area contributed by atoms with Gasteiger partial charge < -0.3 is 16.4 Å². The van der Waals surface area contributed by atoms with Crippen molar-refractivity contribution in [1.82, 2.24) is 0 Å². The van der Waals surface area contributed by atoms with Gasteiger partial charge in [-0.25, -0.2) is 0 Å². The third-order valence-corrected chi connectivity index (χ3v) is 0. The van der Waals surface area contributed by atoms with Crippen LogP contribution in [0.3, 0.4) is 0 Å². The van der Waals surface area contributed by atoms with E-state index in [2.05, 4.69) is 0 Å². The van der Waals surface area contributed by atoms with Crippen molar-refractivity contribution in [2.75, 3.05) is 0 Å². The molecule has 0 aromatic heterocycles. The summed E-state index contributed by atoms with van der Waals surface area (Å²) in [5.41, 5.74) is 0. The molecule has 0 saturated carbocycles. The summed E-state index contributed by atoms with van der Waals surface area (Å²) in [6.07, 6.45) is 0. The van der Waals surface area contributed by atoms with Gasteiger partial charge in [-0.1, -0.05) is 0 Å². The van der Waals surface area contributed by atoms with Gasteiger partial charge >= 0.3 is 60.7 Å². The topological polar surface area (TPSA) is 85.5 Å². The molecule has 0 saturated heterocycles. The fraction of sp³-hybridized carbons (Fsp3) is 0. The Balaban J connectivity index is 0. The average Bonchev–Trinajstić information content (AvgIpc) is 0. The van der Waals surface area contributed by atoms with Crippen LogP contribution in [0.25, 0.3) is 0 Å². The second kappa shape index (κ2) is 68.9. The summed E-state index contributed by atoms with van der Waals surface area (Å²) in [6, 6.07) is 0. The maximum atomic E-state index is 0. The van der Waals surface area contributed by atoms with Crippen LogP contribution >= 0.6 is 0 Å². The molecule has 0 atom stereocenters. The van der Waals surface area contributed by atoms with Crippen molar-refractivity contribution >= 4 is 0 Å². The van der Waals surface area contributed by atoms with Gasteiger partial charge in [0, 0.05) is 0 Å². The molecule has 0 unspecified atom stereocenters. The third-order valence-electron chi connectivity index (χ3n) is 0. The average molecular weight is 227 g/mol. The van der Waals surface area contributed by atoms with Gasteiger partial charge in [-0.3, -0.25) is 0 Å². The smallest absolute Gasteiger partial charge is 2.00 e. The molecule has 0 spiro atoms. The summed E-state index contributed by atoms with van der Waals surface area (Å²) in [7, 11) is 0. The van der Waals surface area contributed by atoms with E-state index in [0.29, 0.717) is 0 Å². The zero-order valence-electron chi connectivity index (χ0n) is 3.14. The van der Waals surface area contributed by atoms with Crippen molar-refractivity contribution < 1.29 is 77.1 Å². The van der Waals surface area contributed by atoms with Crippen molar-refractivity contribution in [2.45, 2.75) is 0 Å². The monoisotopic (exact) mass is 224 g/mol. The molecule has 6 heavy (non-hydrogen) atoms. The summed E-state index contributed by atoms with van der Waals surface area (Å²) in [6.45, 7) is 0. The fourth-order valence-corrected chi connectivity index (χ4v) is 0. The van der Waals surface area contributed by atoms with E-state index < -0.39 is 0 Å². The normalized spacial score (nSPS) is 0. The Bertz CT molecular complexity index is 8.75. The molecule has 0 fully saturated rings. The van der Waals surface area contributed by atoms with Crippen LogP contribution in [-0.2, 0) is 77.1 Å². The minimum Gasteiger partial charge on any atom is -2.00 e. The summed E-state index contributed by atoms with van der Waals surface area (Å²) in [5.74, 6) is 0. The van der Waals surface area contributed by atoms with Crippen molar-refractivity contribution in [3.05, 3.63) is 0 Å². The maximum absolute atomic E-state index is 0. The molecule has 24 valence electrons. The first-order valence-corrected chi connectivity index (χ1v) is 0. The molecule has 0 aromatic carbocycles. The SMILES string of the molecule is [O-2].[O-2].[O-2].[Ti+4].[Zn+2].[Zn+2]. The van der Waals surface area contributed by atoms with Crippen LogP contribution in [0, 0.1) is 0 Å². The van der Waals surface area contributed by atoms with Gasteiger partial charge in [0.1, 0.15) is 0 Å². The van der Waals surface area contributed by atoms with Crippen LogP contribution in [0.5, 0.6) is 0 Å². The molecule has 0 heterocycles. The van der Waals surface area contributed by atoms with Gasteiger partial charge in [0.25, 0.3) is 0 Å². The molecule has 0 amide bonds. The minimum atomic E-state index is 0. The molecule has 0 N–H and O–H groups in total. The summed E-state index contributed by atoms with van der Waals surface area (Å²) >= 11 is 0. The van der Waals surface area contributed by atoms with E-state index in [0.717, 1.165) is 0 Å². The zero-order valence-corrected chi connectivity index (χ0v) is 10.6. The number of hydrogen-bond donors (Lipinski definition) is 0. The van der Waals surface area contributed by atoms with Crippen molar-refractivity contribution in [3.8, 4) is 0 Å². The Hall–Kier alpha value is 1.84. The Kier molecular flexibility index (Phi) is 1240. The van der Waals surface area contributed by atoms with Crippen LogP contribution in [0.15, 0.2) is 0 Å². The molecule has 0 aromatic rings.